The maximum atomic E-state index is 12.7. The molecule has 3 unspecified atom stereocenters. The first-order valence-electron chi connectivity index (χ1n) is 13.7. The van der Waals surface area contributed by atoms with E-state index in [1.165, 1.54) is 16.7 Å². The van der Waals surface area contributed by atoms with E-state index >= 15 is 0 Å². The van der Waals surface area contributed by atoms with Crippen LogP contribution in [0.2, 0.25) is 0 Å². The van der Waals surface area contributed by atoms with Crippen LogP contribution in [0.4, 0.5) is 0 Å². The van der Waals surface area contributed by atoms with E-state index in [4.69, 9.17) is 29.7 Å². The number of ether oxygens (including phenoxy) is 2. The highest BCUT2D eigenvalue weighted by Crippen LogP contribution is 2.42. The standard InChI is InChI=1S/C24H38N5O15P/c1-14-11-29(24(39)26-22(14)38)23-16(44-45(25,40)41)10-15(43-23)17(12-27(6-2-18(30)31)7-3-19(32)33)42-13-28(8-4-20(34)35)9-5-21(36)37/h11,15-17,23H,2-10,12-13H2,1H3,(H,30,31)(H,32,33)(H,34,35)(H,36,37)(H3,25,40,41)(H,26,38,39)/t15-,16?,17?,23+/m0/s1. The molecule has 8 N–H and O–H groups in total. The predicted molar refractivity (Wildman–Crippen MR) is 150 cm³/mol. The van der Waals surface area contributed by atoms with Crippen molar-refractivity contribution in [3.63, 3.8) is 0 Å². The van der Waals surface area contributed by atoms with E-state index in [0.717, 1.165) is 10.8 Å². The summed E-state index contributed by atoms with van der Waals surface area (Å²) in [6, 6.07) is 0. The topological polar surface area (TPSA) is 302 Å². The van der Waals surface area contributed by atoms with Gasteiger partial charge in [0.25, 0.3) is 5.56 Å². The number of carboxylic acids is 4. The van der Waals surface area contributed by atoms with Gasteiger partial charge in [-0.1, -0.05) is 0 Å². The van der Waals surface area contributed by atoms with Crippen LogP contribution in [0.3, 0.4) is 0 Å². The molecule has 254 valence electrons. The second kappa shape index (κ2) is 17.3. The zero-order valence-electron chi connectivity index (χ0n) is 24.3. The van der Waals surface area contributed by atoms with Gasteiger partial charge in [0.05, 0.1) is 44.6 Å². The largest absolute Gasteiger partial charge is 0.481 e. The van der Waals surface area contributed by atoms with Crippen LogP contribution < -0.4 is 16.8 Å². The molecule has 5 atom stereocenters. The van der Waals surface area contributed by atoms with Crippen molar-refractivity contribution in [3.8, 4) is 0 Å². The highest BCUT2D eigenvalue weighted by Gasteiger charge is 2.45. The Labute approximate surface area is 255 Å². The van der Waals surface area contributed by atoms with Crippen molar-refractivity contribution in [2.75, 3.05) is 39.5 Å². The normalized spacial score (nSPS) is 20.2. The number of carboxylic acid groups (broad SMARTS) is 4. The summed E-state index contributed by atoms with van der Waals surface area (Å²) in [6.07, 6.45) is -5.52. The molecular formula is C24H38N5O15P. The Morgan fingerprint density at radius 1 is 1.00 bits per heavy atom. The number of nitrogens with zero attached hydrogens (tertiary/aromatic N) is 3. The first kappa shape index (κ1) is 37.7. The highest BCUT2D eigenvalue weighted by molar-refractivity contribution is 7.50. The van der Waals surface area contributed by atoms with Gasteiger partial charge in [0, 0.05) is 50.9 Å². The third-order valence-corrected chi connectivity index (χ3v) is 7.27. The molecular weight excluding hydrogens is 629 g/mol. The van der Waals surface area contributed by atoms with Gasteiger partial charge in [0.1, 0.15) is 6.10 Å². The van der Waals surface area contributed by atoms with E-state index in [1.54, 1.807) is 0 Å². The lowest BCUT2D eigenvalue weighted by Crippen LogP contribution is -2.45. The summed E-state index contributed by atoms with van der Waals surface area (Å²) in [5.74, 6) is -4.64. The number of nitrogens with one attached hydrogen (secondary N) is 1. The van der Waals surface area contributed by atoms with Gasteiger partial charge in [-0.15, -0.1) is 0 Å². The monoisotopic (exact) mass is 667 g/mol. The summed E-state index contributed by atoms with van der Waals surface area (Å²) < 4.78 is 30.2. The van der Waals surface area contributed by atoms with E-state index < -0.39 is 67.4 Å². The first-order chi connectivity index (χ1) is 20.9. The summed E-state index contributed by atoms with van der Waals surface area (Å²) in [5.41, 5.74) is 3.70. The van der Waals surface area contributed by atoms with E-state index in [0.29, 0.717) is 0 Å². The number of carbonyl (C=O) groups is 4. The summed E-state index contributed by atoms with van der Waals surface area (Å²) >= 11 is 0. The molecule has 1 aliphatic rings. The molecule has 1 aromatic rings. The van der Waals surface area contributed by atoms with Gasteiger partial charge >= 0.3 is 37.3 Å². The zero-order valence-corrected chi connectivity index (χ0v) is 25.2. The minimum atomic E-state index is -4.67. The third-order valence-electron chi connectivity index (χ3n) is 6.69. The quantitative estimate of drug-likeness (QED) is 0.0575. The van der Waals surface area contributed by atoms with Gasteiger partial charge in [-0.3, -0.25) is 47.8 Å². The molecule has 1 fully saturated rings. The summed E-state index contributed by atoms with van der Waals surface area (Å²) in [6.45, 7) is 0.429. The smallest absolute Gasteiger partial charge is 0.400 e. The van der Waals surface area contributed by atoms with Gasteiger partial charge in [0.2, 0.25) is 0 Å². The number of nitrogens with two attached hydrogens (primary N) is 1. The molecule has 0 aliphatic carbocycles. The average molecular weight is 668 g/mol. The molecule has 20 nitrogen and oxygen atoms in total. The van der Waals surface area contributed by atoms with Gasteiger partial charge in [0.15, 0.2) is 6.23 Å². The van der Waals surface area contributed by atoms with E-state index in [1.807, 2.05) is 0 Å². The fourth-order valence-electron chi connectivity index (χ4n) is 4.50. The number of aromatic amines is 1. The molecule has 1 saturated heterocycles. The Balaban J connectivity index is 2.46. The Morgan fingerprint density at radius 2 is 1.49 bits per heavy atom. The van der Waals surface area contributed by atoms with Crippen LogP contribution in [-0.4, -0.2) is 126 Å². The van der Waals surface area contributed by atoms with E-state index in [9.17, 15) is 48.4 Å². The van der Waals surface area contributed by atoms with Crippen LogP contribution in [0.25, 0.3) is 0 Å². The average Bonchev–Trinajstić information content (AvgIpc) is 3.31. The number of rotatable bonds is 21. The van der Waals surface area contributed by atoms with Crippen molar-refractivity contribution in [1.29, 1.82) is 0 Å². The van der Waals surface area contributed by atoms with Crippen molar-refractivity contribution in [1.82, 2.24) is 19.4 Å². The summed E-state index contributed by atoms with van der Waals surface area (Å²) in [7, 11) is -4.67. The second-order valence-corrected chi connectivity index (χ2v) is 11.7. The molecule has 0 saturated carbocycles. The van der Waals surface area contributed by atoms with E-state index in [2.05, 4.69) is 4.98 Å². The van der Waals surface area contributed by atoms with Gasteiger partial charge in [-0.2, -0.15) is 0 Å². The molecule has 1 aliphatic heterocycles. The van der Waals surface area contributed by atoms with Crippen molar-refractivity contribution in [2.24, 2.45) is 5.50 Å². The number of aliphatic carboxylic acids is 4. The Hall–Kier alpha value is -3.49. The lowest BCUT2D eigenvalue weighted by atomic mass is 10.1. The Kier molecular flexibility index (Phi) is 14.5. The van der Waals surface area contributed by atoms with Crippen molar-refractivity contribution in [2.45, 2.75) is 63.6 Å². The van der Waals surface area contributed by atoms with Crippen molar-refractivity contribution in [3.05, 3.63) is 32.6 Å². The Morgan fingerprint density at radius 3 is 1.96 bits per heavy atom. The maximum absolute atomic E-state index is 12.7. The summed E-state index contributed by atoms with van der Waals surface area (Å²) in [4.78, 5) is 84.2. The van der Waals surface area contributed by atoms with Crippen molar-refractivity contribution < 1.29 is 63.1 Å². The van der Waals surface area contributed by atoms with Crippen LogP contribution in [0.15, 0.2) is 15.8 Å². The molecule has 0 spiro atoms. The van der Waals surface area contributed by atoms with Crippen LogP contribution in [-0.2, 0) is 37.7 Å². The number of hydrogen-bond acceptors (Lipinski definition) is 12. The lowest BCUT2D eigenvalue weighted by Gasteiger charge is -2.32. The zero-order chi connectivity index (χ0) is 33.9. The Bertz CT molecular complexity index is 1320. The predicted octanol–water partition coefficient (Wildman–Crippen LogP) is -1.58. The molecule has 45 heavy (non-hydrogen) atoms. The first-order valence-corrected chi connectivity index (χ1v) is 15.3. The fourth-order valence-corrected chi connectivity index (χ4v) is 5.08. The molecule has 0 radical (unpaired) electrons. The molecule has 2 heterocycles. The van der Waals surface area contributed by atoms with Crippen LogP contribution in [0, 0.1) is 6.92 Å². The van der Waals surface area contributed by atoms with Gasteiger partial charge in [-0.25, -0.2) is 14.9 Å². The SMILES string of the molecule is Cc1cn([C@@H]2O[C@H](C(CN(CCC(=O)O)CCC(=O)O)OCN(CCC(=O)O)CCC(=O)O)CC2OP(N)(=O)O)c(=O)[nH]c1=O. The van der Waals surface area contributed by atoms with Crippen LogP contribution in [0.5, 0.6) is 0 Å². The molecule has 0 aromatic carbocycles. The molecule has 2 rings (SSSR count). The number of aryl methyl sites for hydroxylation is 1. The van der Waals surface area contributed by atoms with Gasteiger partial charge < -0.3 is 34.8 Å². The minimum Gasteiger partial charge on any atom is -0.481 e. The summed E-state index contributed by atoms with van der Waals surface area (Å²) in [5, 5.41) is 36.6. The van der Waals surface area contributed by atoms with Crippen molar-refractivity contribution >= 4 is 31.6 Å². The van der Waals surface area contributed by atoms with Gasteiger partial charge in [-0.05, 0) is 6.92 Å². The maximum Gasteiger partial charge on any atom is 0.400 e. The number of H-pyrrole nitrogens is 1. The molecule has 0 bridgehead atoms. The lowest BCUT2D eigenvalue weighted by molar-refractivity contribution is -0.143. The van der Waals surface area contributed by atoms with Crippen LogP contribution in [0.1, 0.15) is 43.9 Å². The second-order valence-electron chi connectivity index (χ2n) is 10.3. The number of hydrogen-bond donors (Lipinski definition) is 7. The third kappa shape index (κ3) is 13.6. The minimum absolute atomic E-state index is 0.0918. The van der Waals surface area contributed by atoms with Crippen LogP contribution >= 0.6 is 7.75 Å². The molecule has 0 amide bonds. The highest BCUT2D eigenvalue weighted by atomic mass is 31.2. The fraction of sp³-hybridized carbons (Fsp3) is 0.667. The number of aromatic nitrogens is 2. The van der Waals surface area contributed by atoms with E-state index in [-0.39, 0.29) is 77.1 Å². The molecule has 21 heteroatoms. The molecule has 1 aromatic heterocycles.